The molecule has 1 amide bonds. The normalized spacial score (nSPS) is 16.4. The van der Waals surface area contributed by atoms with E-state index in [0.29, 0.717) is 17.9 Å². The van der Waals surface area contributed by atoms with Crippen molar-refractivity contribution >= 4 is 5.91 Å². The molecule has 1 fully saturated rings. The summed E-state index contributed by atoms with van der Waals surface area (Å²) in [6, 6.07) is 11.4. The van der Waals surface area contributed by atoms with Crippen molar-refractivity contribution in [2.24, 2.45) is 0 Å². The van der Waals surface area contributed by atoms with Gasteiger partial charge in [-0.3, -0.25) is 9.59 Å². The van der Waals surface area contributed by atoms with Gasteiger partial charge in [-0.1, -0.05) is 12.1 Å². The van der Waals surface area contributed by atoms with Gasteiger partial charge in [-0.15, -0.1) is 0 Å². The third-order valence-corrected chi connectivity index (χ3v) is 5.02. The zero-order chi connectivity index (χ0) is 22.0. The van der Waals surface area contributed by atoms with Crippen LogP contribution in [0.1, 0.15) is 17.5 Å². The summed E-state index contributed by atoms with van der Waals surface area (Å²) in [5, 5.41) is 4.09. The van der Waals surface area contributed by atoms with Gasteiger partial charge in [0.1, 0.15) is 24.3 Å². The number of carbonyl (C=O) groups excluding carboxylic acids is 1. The SMILES string of the molecule is Cc1ccc(=O)n(CC(=O)N2CCOC(c3cccc(-c4c(F)cccc4F)n3)C2)n1. The first-order valence-electron chi connectivity index (χ1n) is 9.78. The molecule has 9 heteroatoms. The van der Waals surface area contributed by atoms with E-state index in [4.69, 9.17) is 4.74 Å². The van der Waals surface area contributed by atoms with E-state index in [2.05, 4.69) is 10.1 Å². The lowest BCUT2D eigenvalue weighted by molar-refractivity contribution is -0.140. The van der Waals surface area contributed by atoms with Crippen LogP contribution in [-0.4, -0.2) is 45.3 Å². The molecule has 160 valence electrons. The van der Waals surface area contributed by atoms with Crippen LogP contribution in [0.3, 0.4) is 0 Å². The van der Waals surface area contributed by atoms with Crippen LogP contribution in [0.5, 0.6) is 0 Å². The van der Waals surface area contributed by atoms with E-state index in [1.807, 2.05) is 0 Å². The molecule has 3 aromatic rings. The number of rotatable bonds is 4. The lowest BCUT2D eigenvalue weighted by Crippen LogP contribution is -2.45. The standard InChI is InChI=1S/C22H20F2N4O3/c1-14-8-9-20(29)28(26-14)13-21(30)27-10-11-31-19(12-27)17-6-3-7-18(25-17)22-15(23)4-2-5-16(22)24/h2-9,19H,10-13H2,1H3. The maximum atomic E-state index is 14.1. The molecule has 1 saturated heterocycles. The maximum absolute atomic E-state index is 14.1. The highest BCUT2D eigenvalue weighted by atomic mass is 19.1. The lowest BCUT2D eigenvalue weighted by atomic mass is 10.1. The van der Waals surface area contributed by atoms with Gasteiger partial charge in [-0.2, -0.15) is 5.10 Å². The Morgan fingerprint density at radius 3 is 2.65 bits per heavy atom. The van der Waals surface area contributed by atoms with E-state index in [9.17, 15) is 18.4 Å². The molecule has 1 unspecified atom stereocenters. The van der Waals surface area contributed by atoms with E-state index >= 15 is 0 Å². The Hall–Kier alpha value is -3.46. The largest absolute Gasteiger partial charge is 0.368 e. The van der Waals surface area contributed by atoms with Crippen LogP contribution in [-0.2, 0) is 16.1 Å². The molecule has 0 radical (unpaired) electrons. The zero-order valence-electron chi connectivity index (χ0n) is 16.8. The van der Waals surface area contributed by atoms with Gasteiger partial charge in [0.15, 0.2) is 0 Å². The van der Waals surface area contributed by atoms with Gasteiger partial charge in [-0.25, -0.2) is 18.4 Å². The second kappa shape index (κ2) is 8.73. The van der Waals surface area contributed by atoms with E-state index in [1.165, 1.54) is 30.3 Å². The molecule has 31 heavy (non-hydrogen) atoms. The Bertz CT molecular complexity index is 1160. The van der Waals surface area contributed by atoms with Gasteiger partial charge in [0.05, 0.1) is 35.8 Å². The molecule has 0 spiro atoms. The van der Waals surface area contributed by atoms with E-state index in [1.54, 1.807) is 30.0 Å². The fourth-order valence-corrected chi connectivity index (χ4v) is 3.46. The minimum atomic E-state index is -0.706. The molecule has 3 heterocycles. The molecule has 0 aliphatic carbocycles. The monoisotopic (exact) mass is 426 g/mol. The van der Waals surface area contributed by atoms with Crippen molar-refractivity contribution in [2.45, 2.75) is 19.6 Å². The summed E-state index contributed by atoms with van der Waals surface area (Å²) in [5.74, 6) is -1.69. The Morgan fingerprint density at radius 1 is 1.13 bits per heavy atom. The second-order valence-corrected chi connectivity index (χ2v) is 7.21. The molecule has 4 rings (SSSR count). The van der Waals surface area contributed by atoms with Gasteiger partial charge < -0.3 is 9.64 Å². The third-order valence-electron chi connectivity index (χ3n) is 5.02. The summed E-state index contributed by atoms with van der Waals surface area (Å²) < 4.78 is 35.2. The molecular weight excluding hydrogens is 406 g/mol. The number of amides is 1. The van der Waals surface area contributed by atoms with Crippen molar-refractivity contribution in [3.05, 3.63) is 81.9 Å². The quantitative estimate of drug-likeness (QED) is 0.641. The van der Waals surface area contributed by atoms with Gasteiger partial charge >= 0.3 is 0 Å². The van der Waals surface area contributed by atoms with E-state index in [-0.39, 0.29) is 42.4 Å². The lowest BCUT2D eigenvalue weighted by Gasteiger charge is -2.32. The van der Waals surface area contributed by atoms with Crippen molar-refractivity contribution in [2.75, 3.05) is 19.7 Å². The zero-order valence-corrected chi connectivity index (χ0v) is 16.8. The Labute approximate surface area is 176 Å². The highest BCUT2D eigenvalue weighted by Gasteiger charge is 2.27. The highest BCUT2D eigenvalue weighted by Crippen LogP contribution is 2.27. The minimum Gasteiger partial charge on any atom is -0.368 e. The van der Waals surface area contributed by atoms with E-state index in [0.717, 1.165) is 4.68 Å². The van der Waals surface area contributed by atoms with Gasteiger partial charge in [0.25, 0.3) is 5.56 Å². The number of aromatic nitrogens is 3. The molecule has 0 bridgehead atoms. The fraction of sp³-hybridized carbons (Fsp3) is 0.273. The number of ether oxygens (including phenoxy) is 1. The summed E-state index contributed by atoms with van der Waals surface area (Å²) in [5.41, 5.74) is 0.677. The molecule has 1 aliphatic rings. The van der Waals surface area contributed by atoms with Crippen molar-refractivity contribution < 1.29 is 18.3 Å². The molecule has 2 aromatic heterocycles. The Morgan fingerprint density at radius 2 is 1.87 bits per heavy atom. The predicted molar refractivity (Wildman–Crippen MR) is 108 cm³/mol. The third kappa shape index (κ3) is 4.51. The van der Waals surface area contributed by atoms with Gasteiger partial charge in [0.2, 0.25) is 5.91 Å². The van der Waals surface area contributed by atoms with Crippen molar-refractivity contribution in [3.63, 3.8) is 0 Å². The van der Waals surface area contributed by atoms with Crippen molar-refractivity contribution in [1.82, 2.24) is 19.7 Å². The number of aryl methyl sites for hydroxylation is 1. The molecule has 1 atom stereocenters. The molecular formula is C22H20F2N4O3. The minimum absolute atomic E-state index is 0.149. The number of morpholine rings is 1. The number of carbonyl (C=O) groups is 1. The van der Waals surface area contributed by atoms with E-state index < -0.39 is 17.7 Å². The summed E-state index contributed by atoms with van der Waals surface area (Å²) in [4.78, 5) is 30.6. The molecule has 7 nitrogen and oxygen atoms in total. The predicted octanol–water partition coefficient (Wildman–Crippen LogP) is 2.49. The van der Waals surface area contributed by atoms with Crippen LogP contribution in [0, 0.1) is 18.6 Å². The smallest absolute Gasteiger partial charge is 0.267 e. The number of halogens is 2. The summed E-state index contributed by atoms with van der Waals surface area (Å²) in [6.07, 6.45) is -0.560. The first-order chi connectivity index (χ1) is 14.9. The number of pyridine rings is 1. The Balaban J connectivity index is 1.53. The van der Waals surface area contributed by atoms with Crippen LogP contribution < -0.4 is 5.56 Å². The molecule has 0 N–H and O–H groups in total. The van der Waals surface area contributed by atoms with Gasteiger partial charge in [-0.05, 0) is 37.3 Å². The van der Waals surface area contributed by atoms with Crippen LogP contribution in [0.4, 0.5) is 8.78 Å². The number of benzene rings is 1. The second-order valence-electron chi connectivity index (χ2n) is 7.21. The first-order valence-corrected chi connectivity index (χ1v) is 9.78. The first kappa shape index (κ1) is 20.8. The van der Waals surface area contributed by atoms with Crippen LogP contribution in [0.2, 0.25) is 0 Å². The summed E-state index contributed by atoms with van der Waals surface area (Å²) in [6.45, 7) is 2.39. The fourth-order valence-electron chi connectivity index (χ4n) is 3.46. The van der Waals surface area contributed by atoms with Crippen LogP contribution in [0.25, 0.3) is 11.3 Å². The number of nitrogens with zero attached hydrogens (tertiary/aromatic N) is 4. The average Bonchev–Trinajstić information content (AvgIpc) is 2.76. The molecule has 0 saturated carbocycles. The van der Waals surface area contributed by atoms with Crippen LogP contribution in [0.15, 0.2) is 53.3 Å². The molecule has 1 aromatic carbocycles. The van der Waals surface area contributed by atoms with Gasteiger partial charge in [0, 0.05) is 12.6 Å². The van der Waals surface area contributed by atoms with Crippen molar-refractivity contribution in [3.8, 4) is 11.3 Å². The maximum Gasteiger partial charge on any atom is 0.267 e. The van der Waals surface area contributed by atoms with Crippen LogP contribution >= 0.6 is 0 Å². The number of hydrogen-bond acceptors (Lipinski definition) is 5. The average molecular weight is 426 g/mol. The summed E-state index contributed by atoms with van der Waals surface area (Å²) >= 11 is 0. The molecule has 1 aliphatic heterocycles. The topological polar surface area (TPSA) is 77.3 Å². The highest BCUT2D eigenvalue weighted by molar-refractivity contribution is 5.76. The summed E-state index contributed by atoms with van der Waals surface area (Å²) in [7, 11) is 0. The number of hydrogen-bond donors (Lipinski definition) is 0. The Kier molecular flexibility index (Phi) is 5.85. The van der Waals surface area contributed by atoms with Crippen molar-refractivity contribution in [1.29, 1.82) is 0 Å².